The number of hydroxylamine groups is 2. The van der Waals surface area contributed by atoms with E-state index in [4.69, 9.17) is 4.84 Å². The van der Waals surface area contributed by atoms with Crippen molar-refractivity contribution in [1.29, 1.82) is 0 Å². The third-order valence-corrected chi connectivity index (χ3v) is 5.44. The summed E-state index contributed by atoms with van der Waals surface area (Å²) in [5.41, 5.74) is 0.459. The van der Waals surface area contributed by atoms with E-state index >= 15 is 0 Å². The second kappa shape index (κ2) is 6.50. The molecule has 1 fully saturated rings. The van der Waals surface area contributed by atoms with Crippen LogP contribution >= 0.6 is 11.3 Å². The number of nitrogens with zero attached hydrogens (tertiary/aromatic N) is 4. The van der Waals surface area contributed by atoms with Gasteiger partial charge in [0.2, 0.25) is 0 Å². The van der Waals surface area contributed by atoms with Crippen LogP contribution in [0.3, 0.4) is 0 Å². The molecule has 2 aliphatic heterocycles. The Bertz CT molecular complexity index is 853. The summed E-state index contributed by atoms with van der Waals surface area (Å²) in [7, 11) is 2.06. The van der Waals surface area contributed by atoms with Crippen molar-refractivity contribution in [2.75, 3.05) is 38.1 Å². The summed E-state index contributed by atoms with van der Waals surface area (Å²) in [5.74, 6) is -2.04. The van der Waals surface area contributed by atoms with Gasteiger partial charge in [-0.25, -0.2) is 9.78 Å². The number of hydrogen-bond donors (Lipinski definition) is 0. The molecule has 134 valence electrons. The average molecular weight is 372 g/mol. The molecule has 0 bridgehead atoms. The number of thiazole rings is 1. The molecule has 0 radical (unpaired) electrons. The van der Waals surface area contributed by atoms with Crippen LogP contribution in [-0.4, -0.2) is 66.0 Å². The summed E-state index contributed by atoms with van der Waals surface area (Å²) in [5, 5.41) is 1.25. The molecule has 0 unspecified atom stereocenters. The average Bonchev–Trinajstić information content (AvgIpc) is 3.23. The van der Waals surface area contributed by atoms with E-state index in [9.17, 15) is 14.4 Å². The van der Waals surface area contributed by atoms with Gasteiger partial charge in [0.1, 0.15) is 4.88 Å². The van der Waals surface area contributed by atoms with Gasteiger partial charge < -0.3 is 14.6 Å². The maximum absolute atomic E-state index is 12.4. The number of aromatic nitrogens is 1. The summed E-state index contributed by atoms with van der Waals surface area (Å²) in [6, 6.07) is 6.37. The fourth-order valence-electron chi connectivity index (χ4n) is 2.88. The summed E-state index contributed by atoms with van der Waals surface area (Å²) in [6.07, 6.45) is 1.42. The Morgan fingerprint density at radius 2 is 1.69 bits per heavy atom. The van der Waals surface area contributed by atoms with Crippen molar-refractivity contribution in [3.63, 3.8) is 0 Å². The molecule has 0 aliphatic carbocycles. The van der Waals surface area contributed by atoms with Crippen molar-refractivity contribution in [3.05, 3.63) is 46.5 Å². The van der Waals surface area contributed by atoms with Crippen molar-refractivity contribution in [3.8, 4) is 0 Å². The molecule has 0 saturated carbocycles. The van der Waals surface area contributed by atoms with Gasteiger partial charge in [0.25, 0.3) is 11.8 Å². The monoisotopic (exact) mass is 372 g/mol. The van der Waals surface area contributed by atoms with Crippen molar-refractivity contribution in [2.24, 2.45) is 0 Å². The third kappa shape index (κ3) is 2.85. The van der Waals surface area contributed by atoms with Crippen LogP contribution in [-0.2, 0) is 4.84 Å². The quantitative estimate of drug-likeness (QED) is 0.750. The molecule has 1 saturated heterocycles. The van der Waals surface area contributed by atoms with Crippen LogP contribution < -0.4 is 4.90 Å². The number of imide groups is 1. The molecule has 1 aromatic carbocycles. The first-order valence-electron chi connectivity index (χ1n) is 8.14. The van der Waals surface area contributed by atoms with E-state index in [0.717, 1.165) is 31.3 Å². The molecule has 8 nitrogen and oxygen atoms in total. The molecular weight excluding hydrogens is 356 g/mol. The van der Waals surface area contributed by atoms with Crippen molar-refractivity contribution < 1.29 is 19.2 Å². The van der Waals surface area contributed by atoms with Gasteiger partial charge in [-0.05, 0) is 19.2 Å². The Morgan fingerprint density at radius 1 is 1.08 bits per heavy atom. The van der Waals surface area contributed by atoms with Crippen LogP contribution in [0.1, 0.15) is 30.4 Å². The minimum absolute atomic E-state index is 0.229. The molecule has 1 aromatic heterocycles. The van der Waals surface area contributed by atoms with E-state index in [1.165, 1.54) is 29.7 Å². The number of fused-ring (bicyclic) bond motifs is 1. The fourth-order valence-corrected chi connectivity index (χ4v) is 3.72. The molecule has 26 heavy (non-hydrogen) atoms. The predicted molar refractivity (Wildman–Crippen MR) is 94.2 cm³/mol. The van der Waals surface area contributed by atoms with E-state index in [-0.39, 0.29) is 16.0 Å². The van der Waals surface area contributed by atoms with Gasteiger partial charge in [0.05, 0.1) is 17.3 Å². The largest absolute Gasteiger partial charge is 0.375 e. The summed E-state index contributed by atoms with van der Waals surface area (Å²) in [6.45, 7) is 3.51. The number of piperazine rings is 1. The predicted octanol–water partition coefficient (Wildman–Crippen LogP) is 1.26. The lowest BCUT2D eigenvalue weighted by Gasteiger charge is -2.32. The van der Waals surface area contributed by atoms with E-state index in [2.05, 4.69) is 21.8 Å². The first kappa shape index (κ1) is 16.7. The number of carbonyl (C=O) groups is 3. The smallest absolute Gasteiger partial charge is 0.346 e. The maximum atomic E-state index is 12.4. The first-order chi connectivity index (χ1) is 12.5. The van der Waals surface area contributed by atoms with Crippen LogP contribution in [0.4, 0.5) is 5.13 Å². The lowest BCUT2D eigenvalue weighted by molar-refractivity contribution is -0.0581. The zero-order valence-electron chi connectivity index (χ0n) is 14.0. The van der Waals surface area contributed by atoms with Crippen LogP contribution in [0.5, 0.6) is 0 Å². The molecular formula is C17H16N4O4S. The lowest BCUT2D eigenvalue weighted by Crippen LogP contribution is -2.44. The highest BCUT2D eigenvalue weighted by Crippen LogP contribution is 2.27. The van der Waals surface area contributed by atoms with Crippen molar-refractivity contribution in [2.45, 2.75) is 0 Å². The molecule has 2 aliphatic rings. The van der Waals surface area contributed by atoms with Gasteiger partial charge in [0.15, 0.2) is 5.13 Å². The van der Waals surface area contributed by atoms with E-state index in [0.29, 0.717) is 5.06 Å². The van der Waals surface area contributed by atoms with Gasteiger partial charge in [-0.2, -0.15) is 0 Å². The summed E-state index contributed by atoms with van der Waals surface area (Å²) < 4.78 is 0. The van der Waals surface area contributed by atoms with Gasteiger partial charge in [-0.3, -0.25) is 9.59 Å². The summed E-state index contributed by atoms with van der Waals surface area (Å²) >= 11 is 1.19. The highest BCUT2D eigenvalue weighted by atomic mass is 32.1. The zero-order chi connectivity index (χ0) is 18.3. The molecule has 2 aromatic rings. The number of hydrogen-bond acceptors (Lipinski definition) is 8. The van der Waals surface area contributed by atoms with Gasteiger partial charge in [0, 0.05) is 26.2 Å². The minimum Gasteiger partial charge on any atom is -0.346 e. The minimum atomic E-state index is -0.766. The highest BCUT2D eigenvalue weighted by molar-refractivity contribution is 7.17. The first-order valence-corrected chi connectivity index (χ1v) is 8.95. The Labute approximate surface area is 153 Å². The van der Waals surface area contributed by atoms with Crippen molar-refractivity contribution in [1.82, 2.24) is 14.9 Å². The highest BCUT2D eigenvalue weighted by Gasteiger charge is 2.39. The Kier molecular flexibility index (Phi) is 4.17. The van der Waals surface area contributed by atoms with Gasteiger partial charge in [-0.15, -0.1) is 0 Å². The molecule has 0 atom stereocenters. The van der Waals surface area contributed by atoms with Crippen LogP contribution in [0, 0.1) is 0 Å². The number of benzene rings is 1. The van der Waals surface area contributed by atoms with Gasteiger partial charge >= 0.3 is 5.97 Å². The second-order valence-corrected chi connectivity index (χ2v) is 7.14. The van der Waals surface area contributed by atoms with E-state index in [1.54, 1.807) is 12.1 Å². The third-order valence-electron chi connectivity index (χ3n) is 4.40. The van der Waals surface area contributed by atoms with Crippen LogP contribution in [0.2, 0.25) is 0 Å². The molecule has 2 amide bonds. The molecule has 0 N–H and O–H groups in total. The molecule has 9 heteroatoms. The number of likely N-dealkylation sites (N-methyl/N-ethyl adjacent to an activating group) is 1. The molecule has 4 rings (SSSR count). The standard InChI is InChI=1S/C17H16N4O4S/c1-19-6-8-20(9-7-19)17-18-10-13(26-17)16(24)25-21-14(22)11-4-2-3-5-12(11)15(21)23/h2-5,10H,6-9H2,1H3. The fraction of sp³-hybridized carbons (Fsp3) is 0.294. The normalized spacial score (nSPS) is 17.6. The summed E-state index contributed by atoms with van der Waals surface area (Å²) in [4.78, 5) is 50.8. The van der Waals surface area contributed by atoms with Gasteiger partial charge in [-0.1, -0.05) is 28.5 Å². The number of amides is 2. The topological polar surface area (TPSA) is 83.1 Å². The number of anilines is 1. The second-order valence-electron chi connectivity index (χ2n) is 6.13. The number of rotatable bonds is 3. The maximum Gasteiger partial charge on any atom is 0.375 e. The molecule has 3 heterocycles. The Morgan fingerprint density at radius 3 is 2.31 bits per heavy atom. The Balaban J connectivity index is 1.46. The van der Waals surface area contributed by atoms with Crippen LogP contribution in [0.15, 0.2) is 30.5 Å². The lowest BCUT2D eigenvalue weighted by atomic mass is 10.1. The van der Waals surface area contributed by atoms with Crippen molar-refractivity contribution >= 4 is 34.3 Å². The van der Waals surface area contributed by atoms with E-state index in [1.807, 2.05) is 0 Å². The number of carbonyl (C=O) groups excluding carboxylic acids is 3. The zero-order valence-corrected chi connectivity index (χ0v) is 14.9. The van der Waals surface area contributed by atoms with Crippen LogP contribution in [0.25, 0.3) is 0 Å². The Hall–Kier alpha value is -2.78. The molecule has 0 spiro atoms. The SMILES string of the molecule is CN1CCN(c2ncc(C(=O)ON3C(=O)c4ccccc4C3=O)s2)CC1. The van der Waals surface area contributed by atoms with E-state index < -0.39 is 17.8 Å².